The van der Waals surface area contributed by atoms with Crippen LogP contribution in [0.4, 0.5) is 11.4 Å². The third kappa shape index (κ3) is 5.81. The molecule has 2 atom stereocenters. The monoisotopic (exact) mass is 499 g/mol. The molecule has 194 valence electrons. The van der Waals surface area contributed by atoms with Crippen LogP contribution < -0.4 is 14.5 Å². The molecule has 0 saturated carbocycles. The number of hydrogen-bond acceptors (Lipinski definition) is 5. The van der Waals surface area contributed by atoms with Gasteiger partial charge in [-0.05, 0) is 73.9 Å². The average molecular weight is 500 g/mol. The molecule has 0 radical (unpaired) electrons. The van der Waals surface area contributed by atoms with Crippen LogP contribution in [0.3, 0.4) is 0 Å². The second-order valence-electron chi connectivity index (χ2n) is 9.81. The molecule has 1 fully saturated rings. The number of amides is 1. The summed E-state index contributed by atoms with van der Waals surface area (Å²) in [6.45, 7) is 10.9. The van der Waals surface area contributed by atoms with Crippen LogP contribution in [0.25, 0.3) is 0 Å². The van der Waals surface area contributed by atoms with E-state index in [1.165, 1.54) is 0 Å². The summed E-state index contributed by atoms with van der Waals surface area (Å²) in [6.07, 6.45) is 2.62. The van der Waals surface area contributed by atoms with E-state index < -0.39 is 0 Å². The number of carbonyl (C=O) groups is 1. The van der Waals surface area contributed by atoms with Crippen LogP contribution in [0, 0.1) is 0 Å². The van der Waals surface area contributed by atoms with Crippen molar-refractivity contribution in [1.82, 2.24) is 4.90 Å². The van der Waals surface area contributed by atoms with Gasteiger partial charge >= 0.3 is 0 Å². The second kappa shape index (κ2) is 11.5. The SMILES string of the molecule is C=CCN1C[C@H](C)N(c2c(Cc3ccc(O)cc3)cccc2C(=O)N(C)c2ccc(OC)cc2)C[C@H]1C. The number of methoxy groups -OCH3 is 1. The maximum Gasteiger partial charge on any atom is 0.260 e. The molecule has 0 aromatic heterocycles. The number of aromatic hydroxyl groups is 1. The van der Waals surface area contributed by atoms with E-state index in [2.05, 4.69) is 36.3 Å². The Labute approximate surface area is 220 Å². The fraction of sp³-hybridized carbons (Fsp3) is 0.323. The summed E-state index contributed by atoms with van der Waals surface area (Å²) in [7, 11) is 3.45. The predicted octanol–water partition coefficient (Wildman–Crippen LogP) is 5.35. The van der Waals surface area contributed by atoms with Gasteiger partial charge in [-0.1, -0.05) is 30.3 Å². The average Bonchev–Trinajstić information content (AvgIpc) is 2.91. The minimum absolute atomic E-state index is 0.0545. The topological polar surface area (TPSA) is 56.2 Å². The van der Waals surface area contributed by atoms with E-state index in [0.717, 1.165) is 47.9 Å². The molecular weight excluding hydrogens is 462 g/mol. The standard InChI is InChI=1S/C31H37N3O3/c1-6-18-33-20-23(3)34(21-22(33)2)30-25(19-24-10-14-27(35)15-11-24)8-7-9-29(30)31(36)32(4)26-12-16-28(37-5)17-13-26/h6-17,22-23,35H,1,18-21H2,2-5H3/t22-,23+/m1/s1. The van der Waals surface area contributed by atoms with E-state index >= 15 is 0 Å². The second-order valence-corrected chi connectivity index (χ2v) is 9.81. The Morgan fingerprint density at radius 1 is 1.05 bits per heavy atom. The van der Waals surface area contributed by atoms with Gasteiger partial charge in [0.1, 0.15) is 11.5 Å². The number of phenolic OH excluding ortho intramolecular Hbond substituents is 1. The van der Waals surface area contributed by atoms with Gasteiger partial charge in [-0.2, -0.15) is 0 Å². The van der Waals surface area contributed by atoms with Crippen molar-refractivity contribution in [2.75, 3.05) is 43.6 Å². The first kappa shape index (κ1) is 26.3. The predicted molar refractivity (Wildman–Crippen MR) is 151 cm³/mol. The van der Waals surface area contributed by atoms with Crippen LogP contribution in [-0.2, 0) is 6.42 Å². The summed E-state index contributed by atoms with van der Waals surface area (Å²) in [5, 5.41) is 9.75. The minimum Gasteiger partial charge on any atom is -0.508 e. The molecule has 0 bridgehead atoms. The van der Waals surface area contributed by atoms with E-state index in [1.807, 2.05) is 61.7 Å². The fourth-order valence-electron chi connectivity index (χ4n) is 5.11. The molecule has 0 unspecified atom stereocenters. The normalized spacial score (nSPS) is 17.9. The zero-order valence-corrected chi connectivity index (χ0v) is 22.2. The lowest BCUT2D eigenvalue weighted by Gasteiger charge is -2.46. The third-order valence-electron chi connectivity index (χ3n) is 7.21. The van der Waals surface area contributed by atoms with Crippen LogP contribution in [0.2, 0.25) is 0 Å². The van der Waals surface area contributed by atoms with Gasteiger partial charge in [0.2, 0.25) is 0 Å². The Morgan fingerprint density at radius 3 is 2.41 bits per heavy atom. The molecule has 4 rings (SSSR count). The Kier molecular flexibility index (Phi) is 8.19. The van der Waals surface area contributed by atoms with Crippen molar-refractivity contribution in [3.63, 3.8) is 0 Å². The number of benzene rings is 3. The number of rotatable bonds is 8. The largest absolute Gasteiger partial charge is 0.508 e. The molecule has 3 aromatic rings. The molecular formula is C31H37N3O3. The van der Waals surface area contributed by atoms with Crippen molar-refractivity contribution in [1.29, 1.82) is 0 Å². The molecule has 1 saturated heterocycles. The summed E-state index contributed by atoms with van der Waals surface area (Å²) in [5.41, 5.74) is 4.65. The van der Waals surface area contributed by atoms with Crippen molar-refractivity contribution < 1.29 is 14.6 Å². The van der Waals surface area contributed by atoms with Gasteiger partial charge in [-0.3, -0.25) is 9.69 Å². The number of anilines is 2. The number of piperazine rings is 1. The number of ether oxygens (including phenoxy) is 1. The van der Waals surface area contributed by atoms with Gasteiger partial charge in [0, 0.05) is 44.5 Å². The highest BCUT2D eigenvalue weighted by Gasteiger charge is 2.32. The molecule has 1 heterocycles. The van der Waals surface area contributed by atoms with Crippen LogP contribution in [0.15, 0.2) is 79.4 Å². The van der Waals surface area contributed by atoms with Gasteiger partial charge in [0.05, 0.1) is 18.4 Å². The van der Waals surface area contributed by atoms with Gasteiger partial charge in [-0.25, -0.2) is 0 Å². The summed E-state index contributed by atoms with van der Waals surface area (Å²) < 4.78 is 5.28. The molecule has 1 aliphatic heterocycles. The van der Waals surface area contributed by atoms with Crippen LogP contribution in [-0.4, -0.2) is 61.8 Å². The highest BCUT2D eigenvalue weighted by molar-refractivity contribution is 6.10. The van der Waals surface area contributed by atoms with E-state index in [4.69, 9.17) is 4.74 Å². The Balaban J connectivity index is 1.75. The van der Waals surface area contributed by atoms with Crippen molar-refractivity contribution >= 4 is 17.3 Å². The van der Waals surface area contributed by atoms with E-state index in [0.29, 0.717) is 18.0 Å². The molecule has 1 N–H and O–H groups in total. The van der Waals surface area contributed by atoms with Crippen molar-refractivity contribution in [3.05, 3.63) is 96.1 Å². The molecule has 1 amide bonds. The van der Waals surface area contributed by atoms with Gasteiger partial charge in [0.15, 0.2) is 0 Å². The molecule has 6 nitrogen and oxygen atoms in total. The quantitative estimate of drug-likeness (QED) is 0.423. The first-order valence-corrected chi connectivity index (χ1v) is 12.8. The van der Waals surface area contributed by atoms with Gasteiger partial charge < -0.3 is 19.6 Å². The van der Waals surface area contributed by atoms with Crippen molar-refractivity contribution in [3.8, 4) is 11.5 Å². The maximum atomic E-state index is 14.0. The molecule has 1 aliphatic rings. The minimum atomic E-state index is -0.0545. The summed E-state index contributed by atoms with van der Waals surface area (Å²) in [4.78, 5) is 20.5. The van der Waals surface area contributed by atoms with E-state index in [-0.39, 0.29) is 17.7 Å². The van der Waals surface area contributed by atoms with Crippen molar-refractivity contribution in [2.45, 2.75) is 32.4 Å². The first-order valence-electron chi connectivity index (χ1n) is 12.8. The van der Waals surface area contributed by atoms with Gasteiger partial charge in [0.25, 0.3) is 5.91 Å². The lowest BCUT2D eigenvalue weighted by molar-refractivity contribution is 0.0992. The maximum absolute atomic E-state index is 14.0. The van der Waals surface area contributed by atoms with Crippen LogP contribution in [0.5, 0.6) is 11.5 Å². The summed E-state index contributed by atoms with van der Waals surface area (Å²) >= 11 is 0. The smallest absolute Gasteiger partial charge is 0.260 e. The Bertz CT molecular complexity index is 1220. The molecule has 37 heavy (non-hydrogen) atoms. The van der Waals surface area contributed by atoms with Crippen molar-refractivity contribution in [2.24, 2.45) is 0 Å². The number of nitrogens with zero attached hydrogens (tertiary/aromatic N) is 3. The lowest BCUT2D eigenvalue weighted by atomic mass is 9.95. The molecule has 0 aliphatic carbocycles. The fourth-order valence-corrected chi connectivity index (χ4v) is 5.11. The molecule has 3 aromatic carbocycles. The highest BCUT2D eigenvalue weighted by atomic mass is 16.5. The van der Waals surface area contributed by atoms with Gasteiger partial charge in [-0.15, -0.1) is 6.58 Å². The summed E-state index contributed by atoms with van der Waals surface area (Å²) in [5.74, 6) is 0.942. The number of hydrogen-bond donors (Lipinski definition) is 1. The highest BCUT2D eigenvalue weighted by Crippen LogP contribution is 2.34. The first-order chi connectivity index (χ1) is 17.8. The molecule has 0 spiro atoms. The van der Waals surface area contributed by atoms with E-state index in [9.17, 15) is 9.90 Å². The Morgan fingerprint density at radius 2 is 1.76 bits per heavy atom. The molecule has 6 heteroatoms. The summed E-state index contributed by atoms with van der Waals surface area (Å²) in [6, 6.07) is 21.4. The van der Waals surface area contributed by atoms with Crippen LogP contribution >= 0.6 is 0 Å². The number of phenols is 1. The lowest BCUT2D eigenvalue weighted by Crippen LogP contribution is -2.57. The zero-order chi connectivity index (χ0) is 26.5. The number of para-hydroxylation sites is 1. The van der Waals surface area contributed by atoms with E-state index in [1.54, 1.807) is 24.1 Å². The Hall–Kier alpha value is -3.77. The third-order valence-corrected chi connectivity index (χ3v) is 7.21. The van der Waals surface area contributed by atoms with Crippen LogP contribution in [0.1, 0.15) is 35.3 Å². The zero-order valence-electron chi connectivity index (χ0n) is 22.2. The number of carbonyl (C=O) groups excluding carboxylic acids is 1.